The molecule has 1 aromatic carbocycles. The maximum absolute atomic E-state index is 12.7. The molecule has 0 N–H and O–H groups in total. The van der Waals surface area contributed by atoms with Crippen molar-refractivity contribution in [3.63, 3.8) is 0 Å². The van der Waals surface area contributed by atoms with E-state index in [0.29, 0.717) is 11.6 Å². The van der Waals surface area contributed by atoms with Gasteiger partial charge in [0.2, 0.25) is 20.0 Å². The molecule has 2 fully saturated rings. The van der Waals surface area contributed by atoms with Crippen LogP contribution in [0.25, 0.3) is 0 Å². The van der Waals surface area contributed by atoms with Crippen LogP contribution in [0.1, 0.15) is 19.3 Å². The second kappa shape index (κ2) is 8.12. The van der Waals surface area contributed by atoms with Crippen LogP contribution < -0.4 is 0 Å². The molecule has 1 aromatic rings. The second-order valence-corrected chi connectivity index (χ2v) is 10.9. The number of sulfonamides is 2. The Morgan fingerprint density at radius 2 is 1.73 bits per heavy atom. The Kier molecular flexibility index (Phi) is 6.25. The first-order valence-corrected chi connectivity index (χ1v) is 12.1. The molecular formula is C16H23ClN2O5S2. The molecule has 0 bridgehead atoms. The first kappa shape index (κ1) is 20.0. The van der Waals surface area contributed by atoms with Gasteiger partial charge in [0.25, 0.3) is 0 Å². The van der Waals surface area contributed by atoms with Crippen molar-refractivity contribution in [3.8, 4) is 0 Å². The number of nitrogens with zero attached hydrogens (tertiary/aromatic N) is 2. The van der Waals surface area contributed by atoms with Crippen molar-refractivity contribution in [2.75, 3.05) is 38.5 Å². The van der Waals surface area contributed by atoms with Gasteiger partial charge in [-0.05, 0) is 37.5 Å². The predicted octanol–water partition coefficient (Wildman–Crippen LogP) is 1.55. The van der Waals surface area contributed by atoms with E-state index in [1.165, 1.54) is 20.7 Å². The van der Waals surface area contributed by atoms with Crippen LogP contribution in [0.15, 0.2) is 29.2 Å². The highest BCUT2D eigenvalue weighted by molar-refractivity contribution is 7.89. The molecule has 0 spiro atoms. The van der Waals surface area contributed by atoms with Gasteiger partial charge in [0.15, 0.2) is 0 Å². The molecule has 1 unspecified atom stereocenters. The number of ether oxygens (including phenoxy) is 1. The maximum Gasteiger partial charge on any atom is 0.243 e. The first-order valence-electron chi connectivity index (χ1n) is 8.64. The number of hydrogen-bond donors (Lipinski definition) is 0. The van der Waals surface area contributed by atoms with Crippen molar-refractivity contribution in [1.82, 2.24) is 8.61 Å². The quantitative estimate of drug-likeness (QED) is 0.718. The molecule has 10 heteroatoms. The molecule has 0 aliphatic carbocycles. The Hall–Kier alpha value is -0.710. The largest absolute Gasteiger partial charge is 0.377 e. The summed E-state index contributed by atoms with van der Waals surface area (Å²) in [4.78, 5) is 0.122. The lowest BCUT2D eigenvalue weighted by atomic mass is 10.1. The van der Waals surface area contributed by atoms with Crippen LogP contribution >= 0.6 is 11.6 Å². The van der Waals surface area contributed by atoms with E-state index in [1.807, 2.05) is 0 Å². The zero-order valence-electron chi connectivity index (χ0n) is 14.4. The summed E-state index contributed by atoms with van der Waals surface area (Å²) in [6, 6.07) is 6.09. The third kappa shape index (κ3) is 4.58. The number of benzene rings is 1. The van der Waals surface area contributed by atoms with Crippen LogP contribution in [0.2, 0.25) is 5.02 Å². The Morgan fingerprint density at radius 1 is 1.04 bits per heavy atom. The molecule has 2 saturated heterocycles. The van der Waals surface area contributed by atoms with E-state index in [4.69, 9.17) is 16.3 Å². The summed E-state index contributed by atoms with van der Waals surface area (Å²) >= 11 is 5.88. The topological polar surface area (TPSA) is 84.0 Å². The van der Waals surface area contributed by atoms with Gasteiger partial charge in [0.05, 0.1) is 16.8 Å². The average Bonchev–Trinajstić information content (AvgIpc) is 2.62. The van der Waals surface area contributed by atoms with Gasteiger partial charge in [-0.1, -0.05) is 17.7 Å². The molecule has 2 aliphatic heterocycles. The monoisotopic (exact) mass is 422 g/mol. The summed E-state index contributed by atoms with van der Waals surface area (Å²) in [6.45, 7) is 1.15. The zero-order chi connectivity index (χ0) is 18.8. The Balaban J connectivity index is 1.63. The van der Waals surface area contributed by atoms with Crippen LogP contribution in [0.4, 0.5) is 0 Å². The van der Waals surface area contributed by atoms with Gasteiger partial charge in [-0.15, -0.1) is 0 Å². The molecule has 146 valence electrons. The van der Waals surface area contributed by atoms with Crippen molar-refractivity contribution in [2.24, 2.45) is 0 Å². The highest BCUT2D eigenvalue weighted by Gasteiger charge is 2.34. The second-order valence-electron chi connectivity index (χ2n) is 6.53. The van der Waals surface area contributed by atoms with E-state index in [-0.39, 0.29) is 42.9 Å². The molecule has 2 aliphatic rings. The van der Waals surface area contributed by atoms with Crippen molar-refractivity contribution in [2.45, 2.75) is 30.3 Å². The molecule has 3 rings (SSSR count). The Bertz CT molecular complexity index is 830. The van der Waals surface area contributed by atoms with Gasteiger partial charge in [-0.2, -0.15) is 8.61 Å². The predicted molar refractivity (Wildman–Crippen MR) is 99.2 cm³/mol. The normalized spacial score (nSPS) is 23.8. The van der Waals surface area contributed by atoms with Gasteiger partial charge in [0.1, 0.15) is 0 Å². The number of piperazine rings is 1. The van der Waals surface area contributed by atoms with Gasteiger partial charge >= 0.3 is 0 Å². The summed E-state index contributed by atoms with van der Waals surface area (Å²) in [5, 5.41) is 0.347. The van der Waals surface area contributed by atoms with Crippen molar-refractivity contribution < 1.29 is 21.6 Å². The molecule has 0 aromatic heterocycles. The molecule has 26 heavy (non-hydrogen) atoms. The van der Waals surface area contributed by atoms with E-state index < -0.39 is 20.0 Å². The minimum Gasteiger partial charge on any atom is -0.377 e. The molecule has 0 saturated carbocycles. The summed E-state index contributed by atoms with van der Waals surface area (Å²) in [5.74, 6) is -0.0337. The van der Waals surface area contributed by atoms with Crippen LogP contribution in [0.3, 0.4) is 0 Å². The summed E-state index contributed by atoms with van der Waals surface area (Å²) < 4.78 is 58.8. The minimum absolute atomic E-state index is 0.0337. The molecule has 2 heterocycles. The van der Waals surface area contributed by atoms with Gasteiger partial charge in [-0.3, -0.25) is 0 Å². The summed E-state index contributed by atoms with van der Waals surface area (Å²) in [7, 11) is -7.14. The summed E-state index contributed by atoms with van der Waals surface area (Å²) in [5.41, 5.74) is 0. The smallest absolute Gasteiger partial charge is 0.243 e. The highest BCUT2D eigenvalue weighted by Crippen LogP contribution is 2.22. The Labute approximate surface area is 160 Å². The third-order valence-corrected chi connectivity index (χ3v) is 8.77. The Morgan fingerprint density at radius 3 is 2.35 bits per heavy atom. The number of rotatable bonds is 5. The lowest BCUT2D eigenvalue weighted by Gasteiger charge is -2.34. The van der Waals surface area contributed by atoms with Crippen molar-refractivity contribution in [1.29, 1.82) is 0 Å². The van der Waals surface area contributed by atoms with E-state index in [9.17, 15) is 16.8 Å². The lowest BCUT2D eigenvalue weighted by molar-refractivity contribution is 0.0297. The van der Waals surface area contributed by atoms with E-state index >= 15 is 0 Å². The highest BCUT2D eigenvalue weighted by atomic mass is 35.5. The van der Waals surface area contributed by atoms with Gasteiger partial charge < -0.3 is 4.74 Å². The maximum atomic E-state index is 12.7. The fraction of sp³-hybridized carbons (Fsp3) is 0.625. The molecule has 0 radical (unpaired) electrons. The standard InChI is InChI=1S/C16H23ClN2O5S2/c17-14-4-3-6-16(12-14)26(22,23)19-9-7-18(8-10-19)25(20,21)13-15-5-1-2-11-24-15/h3-4,6,12,15H,1-2,5,7-11,13H2. The molecule has 0 amide bonds. The first-order chi connectivity index (χ1) is 12.3. The fourth-order valence-electron chi connectivity index (χ4n) is 3.24. The lowest BCUT2D eigenvalue weighted by Crippen LogP contribution is -2.51. The van der Waals surface area contributed by atoms with Crippen LogP contribution in [-0.4, -0.2) is 70.1 Å². The van der Waals surface area contributed by atoms with E-state index in [0.717, 1.165) is 19.3 Å². The zero-order valence-corrected chi connectivity index (χ0v) is 16.8. The number of halogens is 1. The molecule has 7 nitrogen and oxygen atoms in total. The van der Waals surface area contributed by atoms with Crippen LogP contribution in [0, 0.1) is 0 Å². The van der Waals surface area contributed by atoms with Gasteiger partial charge in [-0.25, -0.2) is 16.8 Å². The molecule has 1 atom stereocenters. The number of hydrogen-bond acceptors (Lipinski definition) is 5. The fourth-order valence-corrected chi connectivity index (χ4v) is 6.63. The van der Waals surface area contributed by atoms with Crippen LogP contribution in [-0.2, 0) is 24.8 Å². The SMILES string of the molecule is O=S(=O)(CC1CCCCO1)N1CCN(S(=O)(=O)c2cccc(Cl)c2)CC1. The van der Waals surface area contributed by atoms with E-state index in [2.05, 4.69) is 0 Å². The van der Waals surface area contributed by atoms with Crippen molar-refractivity contribution in [3.05, 3.63) is 29.3 Å². The third-order valence-electron chi connectivity index (χ3n) is 4.70. The van der Waals surface area contributed by atoms with Crippen molar-refractivity contribution >= 4 is 31.6 Å². The van der Waals surface area contributed by atoms with E-state index in [1.54, 1.807) is 12.1 Å². The van der Waals surface area contributed by atoms with Crippen LogP contribution in [0.5, 0.6) is 0 Å². The van der Waals surface area contributed by atoms with Gasteiger partial charge in [0, 0.05) is 37.8 Å². The average molecular weight is 423 g/mol. The summed E-state index contributed by atoms with van der Waals surface area (Å²) in [6.07, 6.45) is 2.44. The minimum atomic E-state index is -3.68. The molecular weight excluding hydrogens is 400 g/mol.